The van der Waals surface area contributed by atoms with Gasteiger partial charge in [0.1, 0.15) is 0 Å². The van der Waals surface area contributed by atoms with Gasteiger partial charge >= 0.3 is 0 Å². The minimum atomic E-state index is -0.468. The van der Waals surface area contributed by atoms with E-state index in [4.69, 9.17) is 9.47 Å². The van der Waals surface area contributed by atoms with Crippen LogP contribution in [0.25, 0.3) is 0 Å². The van der Waals surface area contributed by atoms with Gasteiger partial charge in [-0.2, -0.15) is 0 Å². The third-order valence-corrected chi connectivity index (χ3v) is 3.27. The van der Waals surface area contributed by atoms with Crippen LogP contribution < -0.4 is 0 Å². The molecule has 0 bridgehead atoms. The number of rotatable bonds is 3. The average Bonchev–Trinajstić information content (AvgIpc) is 2.32. The van der Waals surface area contributed by atoms with Gasteiger partial charge in [-0.3, -0.25) is 0 Å². The Labute approximate surface area is 104 Å². The van der Waals surface area contributed by atoms with Gasteiger partial charge in [0, 0.05) is 5.92 Å². The van der Waals surface area contributed by atoms with E-state index in [0.29, 0.717) is 5.92 Å². The van der Waals surface area contributed by atoms with Gasteiger partial charge in [-0.1, -0.05) is 43.7 Å². The molecule has 2 atom stereocenters. The second-order valence-electron chi connectivity index (χ2n) is 5.21. The van der Waals surface area contributed by atoms with E-state index < -0.39 is 5.79 Å². The highest BCUT2D eigenvalue weighted by molar-refractivity contribution is 5.19. The summed E-state index contributed by atoms with van der Waals surface area (Å²) in [6, 6.07) is 10.5. The summed E-state index contributed by atoms with van der Waals surface area (Å²) in [4.78, 5) is 0. The lowest BCUT2D eigenvalue weighted by atomic mass is 9.91. The van der Waals surface area contributed by atoms with Crippen LogP contribution in [0.3, 0.4) is 0 Å². The molecular weight excluding hydrogens is 212 g/mol. The number of ether oxygens (including phenoxy) is 2. The van der Waals surface area contributed by atoms with Gasteiger partial charge in [-0.15, -0.1) is 0 Å². The maximum Gasteiger partial charge on any atom is 0.163 e. The third kappa shape index (κ3) is 3.08. The molecule has 2 rings (SSSR count). The normalized spacial score (nSPS) is 27.9. The van der Waals surface area contributed by atoms with Crippen molar-refractivity contribution in [3.8, 4) is 0 Å². The van der Waals surface area contributed by atoms with Crippen molar-refractivity contribution in [2.24, 2.45) is 5.92 Å². The molecule has 0 saturated carbocycles. The van der Waals surface area contributed by atoms with Crippen molar-refractivity contribution in [3.63, 3.8) is 0 Å². The lowest BCUT2D eigenvalue weighted by molar-refractivity contribution is -0.296. The summed E-state index contributed by atoms with van der Waals surface area (Å²) in [6.07, 6.45) is 2.48. The van der Waals surface area contributed by atoms with E-state index in [1.807, 2.05) is 19.9 Å². The van der Waals surface area contributed by atoms with Crippen molar-refractivity contribution in [3.05, 3.63) is 35.9 Å². The van der Waals surface area contributed by atoms with Crippen molar-refractivity contribution in [1.82, 2.24) is 0 Å². The van der Waals surface area contributed by atoms with Crippen LogP contribution in [-0.2, 0) is 9.47 Å². The molecule has 1 aliphatic rings. The predicted octanol–water partition coefficient (Wildman–Crippen LogP) is 3.93. The van der Waals surface area contributed by atoms with Crippen molar-refractivity contribution in [2.75, 3.05) is 6.61 Å². The van der Waals surface area contributed by atoms with E-state index in [0.717, 1.165) is 13.0 Å². The molecule has 2 heteroatoms. The number of benzene rings is 1. The van der Waals surface area contributed by atoms with E-state index >= 15 is 0 Å². The highest BCUT2D eigenvalue weighted by Crippen LogP contribution is 2.38. The van der Waals surface area contributed by atoms with E-state index in [-0.39, 0.29) is 6.10 Å². The third-order valence-electron chi connectivity index (χ3n) is 3.27. The molecule has 1 aromatic carbocycles. The molecule has 1 aliphatic heterocycles. The second-order valence-corrected chi connectivity index (χ2v) is 5.21. The lowest BCUT2D eigenvalue weighted by Gasteiger charge is -2.41. The fraction of sp³-hybridized carbons (Fsp3) is 0.600. The SMILES string of the molecule is CCCC1COC(C)(C)OC1c1ccccc1. The molecule has 0 amide bonds. The molecule has 2 unspecified atom stereocenters. The van der Waals surface area contributed by atoms with Crippen LogP contribution in [0.2, 0.25) is 0 Å². The highest BCUT2D eigenvalue weighted by Gasteiger charge is 2.36. The van der Waals surface area contributed by atoms with Crippen LogP contribution in [-0.4, -0.2) is 12.4 Å². The molecule has 0 aromatic heterocycles. The molecule has 1 saturated heterocycles. The van der Waals surface area contributed by atoms with Crippen molar-refractivity contribution >= 4 is 0 Å². The fourth-order valence-corrected chi connectivity index (χ4v) is 2.42. The van der Waals surface area contributed by atoms with Gasteiger partial charge in [0.05, 0.1) is 12.7 Å². The Balaban J connectivity index is 2.19. The van der Waals surface area contributed by atoms with Crippen LogP contribution in [0, 0.1) is 5.92 Å². The number of hydrogen-bond acceptors (Lipinski definition) is 2. The van der Waals surface area contributed by atoms with Gasteiger partial charge in [-0.05, 0) is 25.8 Å². The Morgan fingerprint density at radius 1 is 1.24 bits per heavy atom. The van der Waals surface area contributed by atoms with Crippen molar-refractivity contribution in [2.45, 2.75) is 45.5 Å². The molecule has 2 nitrogen and oxygen atoms in total. The Hall–Kier alpha value is -0.860. The van der Waals surface area contributed by atoms with E-state index in [1.165, 1.54) is 12.0 Å². The predicted molar refractivity (Wildman–Crippen MR) is 68.7 cm³/mol. The van der Waals surface area contributed by atoms with E-state index in [1.54, 1.807) is 0 Å². The Kier molecular flexibility index (Phi) is 3.85. The van der Waals surface area contributed by atoms with Gasteiger partial charge < -0.3 is 9.47 Å². The minimum Gasteiger partial charge on any atom is -0.350 e. The standard InChI is InChI=1S/C15H22O2/c1-4-8-13-11-16-15(2,3)17-14(13)12-9-6-5-7-10-12/h5-7,9-10,13-14H,4,8,11H2,1-3H3. The zero-order chi connectivity index (χ0) is 12.3. The summed E-state index contributed by atoms with van der Waals surface area (Å²) in [5.41, 5.74) is 1.27. The molecule has 17 heavy (non-hydrogen) atoms. The molecule has 0 N–H and O–H groups in total. The molecule has 0 aliphatic carbocycles. The zero-order valence-electron chi connectivity index (χ0n) is 11.0. The molecule has 94 valence electrons. The first-order chi connectivity index (χ1) is 8.12. The maximum atomic E-state index is 6.10. The summed E-state index contributed by atoms with van der Waals surface area (Å²) < 4.78 is 11.9. The highest BCUT2D eigenvalue weighted by atomic mass is 16.7. The summed E-state index contributed by atoms with van der Waals surface area (Å²) in [5.74, 6) is 0.000476. The number of hydrogen-bond donors (Lipinski definition) is 0. The molecule has 1 heterocycles. The van der Waals surface area contributed by atoms with Crippen LogP contribution in [0.1, 0.15) is 45.3 Å². The van der Waals surface area contributed by atoms with Crippen LogP contribution >= 0.6 is 0 Å². The monoisotopic (exact) mass is 234 g/mol. The molecule has 1 fully saturated rings. The quantitative estimate of drug-likeness (QED) is 0.789. The zero-order valence-corrected chi connectivity index (χ0v) is 11.0. The Bertz CT molecular complexity index is 345. The second kappa shape index (κ2) is 5.19. The smallest absolute Gasteiger partial charge is 0.163 e. The van der Waals surface area contributed by atoms with Gasteiger partial charge in [-0.25, -0.2) is 0 Å². The van der Waals surface area contributed by atoms with E-state index in [9.17, 15) is 0 Å². The van der Waals surface area contributed by atoms with Crippen molar-refractivity contribution in [1.29, 1.82) is 0 Å². The molecule has 1 aromatic rings. The van der Waals surface area contributed by atoms with Crippen LogP contribution in [0.5, 0.6) is 0 Å². The molecular formula is C15H22O2. The summed E-state index contributed by atoms with van der Waals surface area (Å²) in [7, 11) is 0. The maximum absolute atomic E-state index is 6.10. The van der Waals surface area contributed by atoms with Crippen LogP contribution in [0.4, 0.5) is 0 Å². The van der Waals surface area contributed by atoms with Crippen molar-refractivity contribution < 1.29 is 9.47 Å². The summed E-state index contributed by atoms with van der Waals surface area (Å²) in [6.45, 7) is 6.98. The molecule has 0 spiro atoms. The first-order valence-corrected chi connectivity index (χ1v) is 6.49. The van der Waals surface area contributed by atoms with Crippen LogP contribution in [0.15, 0.2) is 30.3 Å². The average molecular weight is 234 g/mol. The Morgan fingerprint density at radius 2 is 1.94 bits per heavy atom. The van der Waals surface area contributed by atoms with E-state index in [2.05, 4.69) is 31.2 Å². The summed E-state index contributed by atoms with van der Waals surface area (Å²) in [5, 5.41) is 0. The van der Waals surface area contributed by atoms with Gasteiger partial charge in [0.25, 0.3) is 0 Å². The fourth-order valence-electron chi connectivity index (χ4n) is 2.42. The topological polar surface area (TPSA) is 18.5 Å². The first-order valence-electron chi connectivity index (χ1n) is 6.49. The lowest BCUT2D eigenvalue weighted by Crippen LogP contribution is -2.41. The van der Waals surface area contributed by atoms with Gasteiger partial charge in [0.2, 0.25) is 0 Å². The largest absolute Gasteiger partial charge is 0.350 e. The van der Waals surface area contributed by atoms with Gasteiger partial charge in [0.15, 0.2) is 5.79 Å². The minimum absolute atomic E-state index is 0.167. The Morgan fingerprint density at radius 3 is 2.59 bits per heavy atom. The first kappa shape index (κ1) is 12.6. The summed E-state index contributed by atoms with van der Waals surface area (Å²) >= 11 is 0. The molecule has 0 radical (unpaired) electrons.